The van der Waals surface area contributed by atoms with Gasteiger partial charge >= 0.3 is 0 Å². The maximum atomic E-state index is 9.51. The van der Waals surface area contributed by atoms with E-state index in [2.05, 4.69) is 11.7 Å². The van der Waals surface area contributed by atoms with Gasteiger partial charge in [0.25, 0.3) is 0 Å². The molecule has 2 nitrogen and oxygen atoms in total. The number of rotatable bonds is 1. The van der Waals surface area contributed by atoms with Gasteiger partial charge in [0.1, 0.15) is 5.75 Å². The van der Waals surface area contributed by atoms with Crippen LogP contribution in [0, 0.1) is 0 Å². The minimum atomic E-state index is 0.0350. The third-order valence-electron chi connectivity index (χ3n) is 2.11. The predicted octanol–water partition coefficient (Wildman–Crippen LogP) is 3.53. The largest absolute Gasteiger partial charge is 0.506 e. The number of fused-ring (bicyclic) bond motifs is 1. The van der Waals surface area contributed by atoms with Crippen molar-refractivity contribution < 1.29 is 5.11 Å². The second-order valence-electron chi connectivity index (χ2n) is 2.93. The first-order valence-corrected chi connectivity index (χ1v) is 4.49. The van der Waals surface area contributed by atoms with Crippen molar-refractivity contribution in [2.24, 2.45) is 4.99 Å². The van der Waals surface area contributed by atoms with Gasteiger partial charge in [-0.15, -0.1) is 0 Å². The normalized spacial score (nSPS) is 10.4. The van der Waals surface area contributed by atoms with Crippen LogP contribution in [0.25, 0.3) is 10.8 Å². The van der Waals surface area contributed by atoms with Crippen LogP contribution >= 0.6 is 11.6 Å². The zero-order chi connectivity index (χ0) is 10.1. The van der Waals surface area contributed by atoms with Crippen LogP contribution in [0.2, 0.25) is 5.02 Å². The molecule has 0 radical (unpaired) electrons. The highest BCUT2D eigenvalue weighted by Crippen LogP contribution is 2.38. The minimum Gasteiger partial charge on any atom is -0.506 e. The van der Waals surface area contributed by atoms with Gasteiger partial charge in [-0.3, -0.25) is 4.99 Å². The molecule has 0 aliphatic heterocycles. The zero-order valence-corrected chi connectivity index (χ0v) is 8.12. The van der Waals surface area contributed by atoms with E-state index in [4.69, 9.17) is 11.6 Å². The predicted molar refractivity (Wildman–Crippen MR) is 59.8 cm³/mol. The number of aromatic hydroxyl groups is 1. The average Bonchev–Trinajstić information content (AvgIpc) is 2.23. The molecule has 0 aliphatic rings. The SMILES string of the molecule is C=Nc1cc(O)c(Cl)c2ccccc12. The van der Waals surface area contributed by atoms with Gasteiger partial charge in [-0.05, 0) is 6.72 Å². The van der Waals surface area contributed by atoms with Gasteiger partial charge in [-0.25, -0.2) is 0 Å². The van der Waals surface area contributed by atoms with E-state index in [0.29, 0.717) is 10.7 Å². The number of aliphatic imine (C=N–C) groups is 1. The number of halogens is 1. The van der Waals surface area contributed by atoms with Crippen molar-refractivity contribution in [3.8, 4) is 5.75 Å². The molecule has 0 heterocycles. The number of benzene rings is 2. The molecule has 0 aliphatic carbocycles. The van der Waals surface area contributed by atoms with Crippen LogP contribution in [0.15, 0.2) is 35.3 Å². The maximum absolute atomic E-state index is 9.51. The molecule has 3 heteroatoms. The Labute approximate surface area is 86.5 Å². The molecule has 0 fully saturated rings. The Morgan fingerprint density at radius 1 is 1.21 bits per heavy atom. The number of hydrogen-bond donors (Lipinski definition) is 1. The number of hydrogen-bond acceptors (Lipinski definition) is 2. The van der Waals surface area contributed by atoms with Gasteiger partial charge in [0.05, 0.1) is 10.7 Å². The molecule has 0 bridgehead atoms. The van der Waals surface area contributed by atoms with Crippen LogP contribution < -0.4 is 0 Å². The molecular weight excluding hydrogens is 198 g/mol. The van der Waals surface area contributed by atoms with Crippen molar-refractivity contribution in [2.45, 2.75) is 0 Å². The van der Waals surface area contributed by atoms with E-state index in [1.807, 2.05) is 24.3 Å². The average molecular weight is 206 g/mol. The fourth-order valence-electron chi connectivity index (χ4n) is 1.44. The van der Waals surface area contributed by atoms with Gasteiger partial charge in [-0.1, -0.05) is 35.9 Å². The van der Waals surface area contributed by atoms with Gasteiger partial charge in [0, 0.05) is 16.8 Å². The summed E-state index contributed by atoms with van der Waals surface area (Å²) in [5.41, 5.74) is 0.641. The highest BCUT2D eigenvalue weighted by molar-refractivity contribution is 6.37. The summed E-state index contributed by atoms with van der Waals surface area (Å²) in [6, 6.07) is 9.00. The minimum absolute atomic E-state index is 0.0350. The molecule has 2 rings (SSSR count). The summed E-state index contributed by atoms with van der Waals surface area (Å²) in [5, 5.41) is 11.5. The molecular formula is C11H8ClNO. The molecule has 0 amide bonds. The lowest BCUT2D eigenvalue weighted by Crippen LogP contribution is -1.76. The van der Waals surface area contributed by atoms with Crippen LogP contribution in [0.3, 0.4) is 0 Å². The van der Waals surface area contributed by atoms with E-state index < -0.39 is 0 Å². The van der Waals surface area contributed by atoms with Crippen LogP contribution in [0.5, 0.6) is 5.75 Å². The highest BCUT2D eigenvalue weighted by Gasteiger charge is 2.07. The summed E-state index contributed by atoms with van der Waals surface area (Å²) in [7, 11) is 0. The molecule has 70 valence electrons. The molecule has 0 saturated heterocycles. The monoisotopic (exact) mass is 205 g/mol. The van der Waals surface area contributed by atoms with Gasteiger partial charge < -0.3 is 5.11 Å². The van der Waals surface area contributed by atoms with E-state index in [-0.39, 0.29) is 5.75 Å². The molecule has 0 saturated carbocycles. The van der Waals surface area contributed by atoms with Crippen LogP contribution in [0.4, 0.5) is 5.69 Å². The zero-order valence-electron chi connectivity index (χ0n) is 7.37. The molecule has 0 unspecified atom stereocenters. The Morgan fingerprint density at radius 3 is 2.50 bits per heavy atom. The first-order chi connectivity index (χ1) is 6.74. The standard InChI is InChI=1S/C11H8ClNO/c1-13-9-6-10(14)11(12)8-5-3-2-4-7(8)9/h2-6,14H,1H2. The van der Waals surface area contributed by atoms with Crippen LogP contribution in [-0.4, -0.2) is 11.8 Å². The lowest BCUT2D eigenvalue weighted by molar-refractivity contribution is 0.476. The van der Waals surface area contributed by atoms with Crippen LogP contribution in [0.1, 0.15) is 0 Å². The van der Waals surface area contributed by atoms with E-state index in [1.54, 1.807) is 0 Å². The Morgan fingerprint density at radius 2 is 1.86 bits per heavy atom. The molecule has 2 aromatic carbocycles. The molecule has 14 heavy (non-hydrogen) atoms. The summed E-state index contributed by atoms with van der Waals surface area (Å²) in [4.78, 5) is 3.83. The Kier molecular flexibility index (Phi) is 2.14. The summed E-state index contributed by atoms with van der Waals surface area (Å²) >= 11 is 5.94. The first-order valence-electron chi connectivity index (χ1n) is 4.11. The number of nitrogens with zero attached hydrogens (tertiary/aromatic N) is 1. The second-order valence-corrected chi connectivity index (χ2v) is 3.31. The summed E-state index contributed by atoms with van der Waals surface area (Å²) in [6.07, 6.45) is 0. The van der Waals surface area contributed by atoms with Crippen molar-refractivity contribution >= 4 is 34.8 Å². The van der Waals surface area contributed by atoms with Gasteiger partial charge in [0.15, 0.2) is 0 Å². The lowest BCUT2D eigenvalue weighted by Gasteiger charge is -2.05. The topological polar surface area (TPSA) is 32.6 Å². The van der Waals surface area contributed by atoms with Crippen molar-refractivity contribution in [2.75, 3.05) is 0 Å². The van der Waals surface area contributed by atoms with Crippen molar-refractivity contribution in [3.63, 3.8) is 0 Å². The van der Waals surface area contributed by atoms with Gasteiger partial charge in [0.2, 0.25) is 0 Å². The third-order valence-corrected chi connectivity index (χ3v) is 2.51. The molecule has 0 spiro atoms. The van der Waals surface area contributed by atoms with Crippen molar-refractivity contribution in [3.05, 3.63) is 35.4 Å². The summed E-state index contributed by atoms with van der Waals surface area (Å²) < 4.78 is 0. The Balaban J connectivity index is 2.96. The maximum Gasteiger partial charge on any atom is 0.136 e. The smallest absolute Gasteiger partial charge is 0.136 e. The van der Waals surface area contributed by atoms with Gasteiger partial charge in [-0.2, -0.15) is 0 Å². The summed E-state index contributed by atoms with van der Waals surface area (Å²) in [6.45, 7) is 3.45. The summed E-state index contributed by atoms with van der Waals surface area (Å²) in [5.74, 6) is 0.0350. The van der Waals surface area contributed by atoms with E-state index in [9.17, 15) is 5.11 Å². The fraction of sp³-hybridized carbons (Fsp3) is 0. The molecule has 0 aromatic heterocycles. The van der Waals surface area contributed by atoms with E-state index >= 15 is 0 Å². The Hall–Kier alpha value is -1.54. The van der Waals surface area contributed by atoms with Crippen molar-refractivity contribution in [1.29, 1.82) is 0 Å². The van der Waals surface area contributed by atoms with Crippen LogP contribution in [-0.2, 0) is 0 Å². The quantitative estimate of drug-likeness (QED) is 0.710. The van der Waals surface area contributed by atoms with E-state index in [1.165, 1.54) is 6.07 Å². The number of phenolic OH excluding ortho intramolecular Hbond substituents is 1. The number of phenols is 1. The third kappa shape index (κ3) is 1.24. The molecule has 1 N–H and O–H groups in total. The van der Waals surface area contributed by atoms with E-state index in [0.717, 1.165) is 10.8 Å². The molecule has 0 atom stereocenters. The van der Waals surface area contributed by atoms with Crippen molar-refractivity contribution in [1.82, 2.24) is 0 Å². The molecule has 2 aromatic rings. The lowest BCUT2D eigenvalue weighted by atomic mass is 10.1. The highest BCUT2D eigenvalue weighted by atomic mass is 35.5. The first kappa shape index (κ1) is 9.03. The Bertz CT molecular complexity index is 508. The fourth-order valence-corrected chi connectivity index (χ4v) is 1.66. The second kappa shape index (κ2) is 3.31.